The second-order valence-corrected chi connectivity index (χ2v) is 4.67. The zero-order chi connectivity index (χ0) is 9.28. The molecule has 66 valence electrons. The molecule has 0 unspecified atom stereocenters. The fraction of sp³-hybridized carbons (Fsp3) is 0.667. The van der Waals surface area contributed by atoms with Gasteiger partial charge in [-0.15, -0.1) is 0 Å². The molecule has 11 heavy (non-hydrogen) atoms. The quantitative estimate of drug-likeness (QED) is 0.467. The normalized spacial score (nSPS) is 7.82. The highest BCUT2D eigenvalue weighted by Gasteiger charge is 2.04. The summed E-state index contributed by atoms with van der Waals surface area (Å²) in [6, 6.07) is 2.97. The predicted molar refractivity (Wildman–Crippen MR) is 44.8 cm³/mol. The van der Waals surface area contributed by atoms with Gasteiger partial charge in [0.1, 0.15) is 0 Å². The van der Waals surface area contributed by atoms with E-state index in [2.05, 4.69) is 13.8 Å². The van der Waals surface area contributed by atoms with E-state index >= 15 is 0 Å². The Balaban J connectivity index is 0. The van der Waals surface area contributed by atoms with E-state index in [9.17, 15) is 0 Å². The van der Waals surface area contributed by atoms with Gasteiger partial charge in [-0.05, 0) is 0 Å². The Hall–Kier alpha value is -0.843. The Morgan fingerprint density at radius 2 is 1.36 bits per heavy atom. The van der Waals surface area contributed by atoms with Crippen LogP contribution in [0.25, 0.3) is 0 Å². The topological polar surface area (TPSA) is 74.6 Å². The molecule has 0 fully saturated rings. The number of hydrogen-bond acceptors (Lipinski definition) is 2. The van der Waals surface area contributed by atoms with Crippen LogP contribution in [0.5, 0.6) is 0 Å². The Morgan fingerprint density at radius 1 is 1.09 bits per heavy atom. The maximum atomic E-state index is 9.10. The molecule has 0 saturated carbocycles. The summed E-state index contributed by atoms with van der Waals surface area (Å²) in [5, 5.41) is 14.8. The van der Waals surface area contributed by atoms with Crippen LogP contribution in [0, 0.1) is 0 Å². The van der Waals surface area contributed by atoms with E-state index in [1.54, 1.807) is 0 Å². The fourth-order valence-corrected chi connectivity index (χ4v) is 1.06. The lowest BCUT2D eigenvalue weighted by molar-refractivity contribution is -0.159. The number of rotatable bonds is 2. The minimum absolute atomic E-state index is 0.432. The second kappa shape index (κ2) is 9.16. The minimum Gasteiger partial charge on any atom is -0.473 e. The monoisotopic (exact) mass is 178 g/mol. The van der Waals surface area contributed by atoms with Crippen molar-refractivity contribution in [3.05, 3.63) is 0 Å². The Labute approximate surface area is 68.1 Å². The average Bonchev–Trinajstić information content (AvgIpc) is 1.90. The third-order valence-corrected chi connectivity index (χ3v) is 2.30. The molecule has 0 bridgehead atoms. The second-order valence-electron chi connectivity index (χ2n) is 1.96. The first-order valence-corrected chi connectivity index (χ1v) is 5.52. The summed E-state index contributed by atoms with van der Waals surface area (Å²) in [5.74, 6) is -3.65. The van der Waals surface area contributed by atoms with Gasteiger partial charge in [0, 0.05) is 9.52 Å². The molecular weight excluding hydrogens is 164 g/mol. The van der Waals surface area contributed by atoms with Crippen molar-refractivity contribution in [2.45, 2.75) is 25.9 Å². The maximum Gasteiger partial charge on any atom is 0.414 e. The van der Waals surface area contributed by atoms with Crippen molar-refractivity contribution in [1.29, 1.82) is 0 Å². The number of hydrogen-bond donors (Lipinski definition) is 2. The largest absolute Gasteiger partial charge is 0.473 e. The third kappa shape index (κ3) is 17.6. The van der Waals surface area contributed by atoms with E-state index in [-0.39, 0.29) is 0 Å². The highest BCUT2D eigenvalue weighted by atomic mass is 28.2. The molecule has 4 nitrogen and oxygen atoms in total. The molecule has 0 heterocycles. The first kappa shape index (κ1) is 12.8. The van der Waals surface area contributed by atoms with Crippen molar-refractivity contribution >= 4 is 21.5 Å². The van der Waals surface area contributed by atoms with Crippen molar-refractivity contribution in [3.8, 4) is 0 Å². The highest BCUT2D eigenvalue weighted by molar-refractivity contribution is 6.34. The van der Waals surface area contributed by atoms with Gasteiger partial charge in [-0.2, -0.15) is 0 Å². The summed E-state index contributed by atoms with van der Waals surface area (Å²) in [5.41, 5.74) is 0. The van der Waals surface area contributed by atoms with Gasteiger partial charge in [-0.3, -0.25) is 0 Å². The summed E-state index contributed by atoms with van der Waals surface area (Å²) >= 11 is 0. The van der Waals surface area contributed by atoms with Crippen molar-refractivity contribution in [3.63, 3.8) is 0 Å². The van der Waals surface area contributed by atoms with E-state index in [4.69, 9.17) is 19.8 Å². The lowest BCUT2D eigenvalue weighted by Crippen LogP contribution is -2.09. The molecule has 0 rings (SSSR count). The first-order chi connectivity index (χ1) is 5.06. The molecule has 0 aromatic heterocycles. The van der Waals surface area contributed by atoms with Crippen LogP contribution in [-0.4, -0.2) is 31.7 Å². The third-order valence-electron chi connectivity index (χ3n) is 0.890. The zero-order valence-corrected chi connectivity index (χ0v) is 8.25. The number of carboxylic acid groups (broad SMARTS) is 2. The number of aliphatic carboxylic acids is 2. The number of carbonyl (C=O) groups is 2. The van der Waals surface area contributed by atoms with Crippen molar-refractivity contribution < 1.29 is 19.8 Å². The summed E-state index contributed by atoms with van der Waals surface area (Å²) in [7, 11) is 0.432. The van der Waals surface area contributed by atoms with Gasteiger partial charge >= 0.3 is 11.9 Å². The van der Waals surface area contributed by atoms with E-state index in [0.717, 1.165) is 0 Å². The van der Waals surface area contributed by atoms with Crippen molar-refractivity contribution in [2.75, 3.05) is 0 Å². The molecule has 0 amide bonds. The van der Waals surface area contributed by atoms with E-state index in [0.29, 0.717) is 9.52 Å². The van der Waals surface area contributed by atoms with Crippen LogP contribution in [-0.2, 0) is 9.59 Å². The summed E-state index contributed by atoms with van der Waals surface area (Å²) < 4.78 is 0. The van der Waals surface area contributed by atoms with Gasteiger partial charge in [-0.25, -0.2) is 9.59 Å². The lowest BCUT2D eigenvalue weighted by Gasteiger charge is -1.77. The van der Waals surface area contributed by atoms with Crippen LogP contribution < -0.4 is 0 Å². The molecule has 0 spiro atoms. The molecule has 0 aliphatic carbocycles. The molecular formula is C6H14O4Si. The predicted octanol–water partition coefficient (Wildman–Crippen LogP) is 0.187. The highest BCUT2D eigenvalue weighted by Crippen LogP contribution is 1.77. The smallest absolute Gasteiger partial charge is 0.414 e. The van der Waals surface area contributed by atoms with Crippen LogP contribution in [0.2, 0.25) is 12.1 Å². The van der Waals surface area contributed by atoms with Crippen LogP contribution in [0.4, 0.5) is 0 Å². The minimum atomic E-state index is -1.82. The summed E-state index contributed by atoms with van der Waals surface area (Å²) in [4.78, 5) is 18.2. The van der Waals surface area contributed by atoms with Gasteiger partial charge in [-0.1, -0.05) is 25.9 Å². The Kier molecular flexibility index (Phi) is 10.7. The lowest BCUT2D eigenvalue weighted by atomic mass is 10.7. The standard InChI is InChI=1S/C4H12Si.C2H2O4/c1-3-5-4-2;3-1(4)2(5)6/h3-5H2,1-2H3;(H,3,4)(H,5,6). The number of carboxylic acids is 2. The molecule has 0 aromatic carbocycles. The van der Waals surface area contributed by atoms with E-state index in [1.807, 2.05) is 0 Å². The van der Waals surface area contributed by atoms with Crippen LogP contribution in [0.3, 0.4) is 0 Å². The maximum absolute atomic E-state index is 9.10. The molecule has 0 radical (unpaired) electrons. The van der Waals surface area contributed by atoms with Gasteiger partial charge in [0.05, 0.1) is 0 Å². The molecule has 0 aliphatic rings. The molecule has 0 atom stereocenters. The van der Waals surface area contributed by atoms with Crippen LogP contribution in [0.15, 0.2) is 0 Å². The molecule has 5 heteroatoms. The van der Waals surface area contributed by atoms with Gasteiger partial charge < -0.3 is 10.2 Å². The SMILES string of the molecule is CC[SiH2]CC.O=C(O)C(=O)O. The van der Waals surface area contributed by atoms with Gasteiger partial charge in [0.15, 0.2) is 0 Å². The van der Waals surface area contributed by atoms with E-state index in [1.165, 1.54) is 12.1 Å². The molecule has 0 saturated heterocycles. The Bertz CT molecular complexity index is 110. The fourth-order valence-electron chi connectivity index (χ4n) is 0.354. The van der Waals surface area contributed by atoms with Crippen LogP contribution >= 0.6 is 0 Å². The van der Waals surface area contributed by atoms with Crippen molar-refractivity contribution in [2.24, 2.45) is 0 Å². The zero-order valence-electron chi connectivity index (χ0n) is 6.83. The summed E-state index contributed by atoms with van der Waals surface area (Å²) in [6.07, 6.45) is 0. The van der Waals surface area contributed by atoms with E-state index < -0.39 is 11.9 Å². The molecule has 2 N–H and O–H groups in total. The first-order valence-electron chi connectivity index (χ1n) is 3.52. The van der Waals surface area contributed by atoms with Gasteiger partial charge in [0.2, 0.25) is 0 Å². The average molecular weight is 178 g/mol. The molecule has 0 aliphatic heterocycles. The molecule has 0 aromatic rings. The van der Waals surface area contributed by atoms with Crippen LogP contribution in [0.1, 0.15) is 13.8 Å². The Morgan fingerprint density at radius 3 is 1.36 bits per heavy atom. The van der Waals surface area contributed by atoms with Crippen molar-refractivity contribution in [1.82, 2.24) is 0 Å². The summed E-state index contributed by atoms with van der Waals surface area (Å²) in [6.45, 7) is 4.55. The van der Waals surface area contributed by atoms with Gasteiger partial charge in [0.25, 0.3) is 0 Å².